The van der Waals surface area contributed by atoms with Crippen molar-refractivity contribution >= 4 is 17.7 Å². The van der Waals surface area contributed by atoms with Gasteiger partial charge in [-0.3, -0.25) is 14.5 Å². The highest BCUT2D eigenvalue weighted by Gasteiger charge is 2.55. The van der Waals surface area contributed by atoms with Crippen LogP contribution in [-0.4, -0.2) is 47.7 Å². The number of imide groups is 1. The number of Topliss-reactive ketones (excluding diaryl/α,β-unsaturated/α-hetero) is 1. The van der Waals surface area contributed by atoms with Gasteiger partial charge in [0.2, 0.25) is 0 Å². The van der Waals surface area contributed by atoms with Crippen LogP contribution >= 0.6 is 0 Å². The van der Waals surface area contributed by atoms with Crippen LogP contribution in [0.4, 0.5) is 4.79 Å². The van der Waals surface area contributed by atoms with Crippen molar-refractivity contribution in [1.82, 2.24) is 9.80 Å². The molecule has 6 heteroatoms. The smallest absolute Gasteiger partial charge is 0.328 e. The SMILES string of the molecule is CN1C(=O)N(CC(=O)c2ccccc2)C(=O)C1(C)c1ccccc1OCC1CCCCC1. The van der Waals surface area contributed by atoms with Gasteiger partial charge in [-0.1, -0.05) is 67.8 Å². The van der Waals surface area contributed by atoms with Crippen molar-refractivity contribution in [1.29, 1.82) is 0 Å². The number of rotatable bonds is 7. The van der Waals surface area contributed by atoms with E-state index in [4.69, 9.17) is 4.74 Å². The van der Waals surface area contributed by atoms with Crippen LogP contribution in [0.15, 0.2) is 54.6 Å². The number of para-hydroxylation sites is 1. The zero-order valence-corrected chi connectivity index (χ0v) is 18.8. The summed E-state index contributed by atoms with van der Waals surface area (Å²) in [5, 5.41) is 0. The Kier molecular flexibility index (Phi) is 6.31. The largest absolute Gasteiger partial charge is 0.493 e. The van der Waals surface area contributed by atoms with Gasteiger partial charge in [0.05, 0.1) is 13.2 Å². The van der Waals surface area contributed by atoms with Gasteiger partial charge in [0.25, 0.3) is 5.91 Å². The van der Waals surface area contributed by atoms with Gasteiger partial charge < -0.3 is 9.64 Å². The number of nitrogens with zero attached hydrogens (tertiary/aromatic N) is 2. The number of benzene rings is 2. The first-order chi connectivity index (χ1) is 15.4. The molecule has 32 heavy (non-hydrogen) atoms. The average molecular weight is 435 g/mol. The molecule has 1 atom stereocenters. The minimum atomic E-state index is -1.24. The van der Waals surface area contributed by atoms with Gasteiger partial charge in [0, 0.05) is 18.2 Å². The summed E-state index contributed by atoms with van der Waals surface area (Å²) >= 11 is 0. The third-order valence-corrected chi connectivity index (χ3v) is 6.86. The fourth-order valence-electron chi connectivity index (χ4n) is 4.72. The molecule has 1 heterocycles. The fraction of sp³-hybridized carbons (Fsp3) is 0.423. The third kappa shape index (κ3) is 4.01. The fourth-order valence-corrected chi connectivity index (χ4v) is 4.72. The van der Waals surface area contributed by atoms with Gasteiger partial charge in [0.15, 0.2) is 5.78 Å². The minimum Gasteiger partial charge on any atom is -0.493 e. The van der Waals surface area contributed by atoms with E-state index in [0.29, 0.717) is 29.4 Å². The standard InChI is InChI=1S/C26H30N2O4/c1-26(21-15-9-10-16-23(21)32-18-19-11-5-3-6-12-19)24(30)28(25(31)27(26)2)17-22(29)20-13-7-4-8-14-20/h4,7-10,13-16,19H,3,5-6,11-12,17-18H2,1-2H3. The van der Waals surface area contributed by atoms with Crippen LogP contribution in [0.1, 0.15) is 54.9 Å². The zero-order chi connectivity index (χ0) is 22.7. The molecule has 1 unspecified atom stereocenters. The van der Waals surface area contributed by atoms with Crippen LogP contribution in [0.5, 0.6) is 5.75 Å². The van der Waals surface area contributed by atoms with Crippen molar-refractivity contribution in [2.75, 3.05) is 20.2 Å². The summed E-state index contributed by atoms with van der Waals surface area (Å²) in [6.45, 7) is 2.05. The highest BCUT2D eigenvalue weighted by Crippen LogP contribution is 2.41. The number of ether oxygens (including phenoxy) is 1. The quantitative estimate of drug-likeness (QED) is 0.470. The van der Waals surface area contributed by atoms with Crippen LogP contribution in [0, 0.1) is 5.92 Å². The molecule has 0 bridgehead atoms. The topological polar surface area (TPSA) is 66.9 Å². The van der Waals surface area contributed by atoms with Crippen molar-refractivity contribution in [2.24, 2.45) is 5.92 Å². The first-order valence-electron chi connectivity index (χ1n) is 11.3. The van der Waals surface area contributed by atoms with Crippen molar-refractivity contribution < 1.29 is 19.1 Å². The van der Waals surface area contributed by atoms with Gasteiger partial charge in [-0.25, -0.2) is 4.79 Å². The number of carbonyl (C=O) groups is 3. The molecule has 2 fully saturated rings. The monoisotopic (exact) mass is 434 g/mol. The molecule has 1 aliphatic carbocycles. The Balaban J connectivity index is 1.57. The van der Waals surface area contributed by atoms with Crippen LogP contribution < -0.4 is 4.74 Å². The molecule has 3 amide bonds. The predicted octanol–water partition coefficient (Wildman–Crippen LogP) is 4.64. The number of amides is 3. The molecule has 0 spiro atoms. The molecule has 1 saturated carbocycles. The number of ketones is 1. The molecule has 1 aliphatic heterocycles. The van der Waals surface area contributed by atoms with Crippen molar-refractivity contribution in [3.8, 4) is 5.75 Å². The van der Waals surface area contributed by atoms with Crippen LogP contribution in [0.2, 0.25) is 0 Å². The van der Waals surface area contributed by atoms with E-state index in [0.717, 1.165) is 17.7 Å². The molecule has 0 aromatic heterocycles. The van der Waals surface area contributed by atoms with E-state index >= 15 is 0 Å². The van der Waals surface area contributed by atoms with E-state index in [-0.39, 0.29) is 12.3 Å². The summed E-state index contributed by atoms with van der Waals surface area (Å²) in [6.07, 6.45) is 6.06. The number of carbonyl (C=O) groups excluding carboxylic acids is 3. The second-order valence-electron chi connectivity index (χ2n) is 8.91. The Bertz CT molecular complexity index is 1000. The van der Waals surface area contributed by atoms with E-state index in [1.807, 2.05) is 30.3 Å². The highest BCUT2D eigenvalue weighted by molar-refractivity contribution is 6.11. The second kappa shape index (κ2) is 9.15. The van der Waals surface area contributed by atoms with E-state index < -0.39 is 17.5 Å². The van der Waals surface area contributed by atoms with E-state index in [9.17, 15) is 14.4 Å². The number of hydrogen-bond acceptors (Lipinski definition) is 4. The summed E-state index contributed by atoms with van der Waals surface area (Å²) in [4.78, 5) is 41.7. The molecule has 2 aliphatic rings. The Morgan fingerprint density at radius 2 is 1.66 bits per heavy atom. The number of urea groups is 1. The maximum atomic E-state index is 13.5. The van der Waals surface area contributed by atoms with Gasteiger partial charge in [-0.2, -0.15) is 0 Å². The lowest BCUT2D eigenvalue weighted by Gasteiger charge is -2.31. The van der Waals surface area contributed by atoms with Crippen molar-refractivity contribution in [3.05, 3.63) is 65.7 Å². The van der Waals surface area contributed by atoms with E-state index in [1.54, 1.807) is 38.2 Å². The predicted molar refractivity (Wildman–Crippen MR) is 122 cm³/mol. The maximum absolute atomic E-state index is 13.5. The number of likely N-dealkylation sites (N-methyl/N-ethyl adjacent to an activating group) is 1. The lowest BCUT2D eigenvalue weighted by Crippen LogP contribution is -2.42. The molecule has 168 valence electrons. The summed E-state index contributed by atoms with van der Waals surface area (Å²) in [6, 6.07) is 15.6. The van der Waals surface area contributed by atoms with Gasteiger partial charge >= 0.3 is 6.03 Å². The normalized spacial score (nSPS) is 21.8. The van der Waals surface area contributed by atoms with Gasteiger partial charge in [-0.15, -0.1) is 0 Å². The zero-order valence-electron chi connectivity index (χ0n) is 18.8. The highest BCUT2D eigenvalue weighted by atomic mass is 16.5. The van der Waals surface area contributed by atoms with Crippen molar-refractivity contribution in [2.45, 2.75) is 44.6 Å². The Hall–Kier alpha value is -3.15. The molecule has 6 nitrogen and oxygen atoms in total. The first-order valence-corrected chi connectivity index (χ1v) is 11.3. The summed E-state index contributed by atoms with van der Waals surface area (Å²) in [5.41, 5.74) is -0.121. The van der Waals surface area contributed by atoms with E-state index in [1.165, 1.54) is 24.2 Å². The molecule has 0 N–H and O–H groups in total. The molecule has 2 aromatic carbocycles. The number of hydrogen-bond donors (Lipinski definition) is 0. The Morgan fingerprint density at radius 1 is 1.00 bits per heavy atom. The van der Waals surface area contributed by atoms with Gasteiger partial charge in [0.1, 0.15) is 11.3 Å². The first kappa shape index (κ1) is 22.1. The van der Waals surface area contributed by atoms with Gasteiger partial charge in [-0.05, 0) is 31.7 Å². The maximum Gasteiger partial charge on any atom is 0.328 e. The molecule has 2 aromatic rings. The summed E-state index contributed by atoms with van der Waals surface area (Å²) < 4.78 is 6.20. The minimum absolute atomic E-state index is 0.271. The summed E-state index contributed by atoms with van der Waals surface area (Å²) in [7, 11) is 1.60. The lowest BCUT2D eigenvalue weighted by atomic mass is 9.89. The van der Waals surface area contributed by atoms with Crippen LogP contribution in [0.25, 0.3) is 0 Å². The third-order valence-electron chi connectivity index (χ3n) is 6.86. The van der Waals surface area contributed by atoms with Crippen LogP contribution in [0.3, 0.4) is 0 Å². The van der Waals surface area contributed by atoms with Crippen LogP contribution in [-0.2, 0) is 10.3 Å². The van der Waals surface area contributed by atoms with E-state index in [2.05, 4.69) is 0 Å². The summed E-state index contributed by atoms with van der Waals surface area (Å²) in [5.74, 6) is 0.447. The molecule has 1 saturated heterocycles. The Morgan fingerprint density at radius 3 is 2.38 bits per heavy atom. The lowest BCUT2D eigenvalue weighted by molar-refractivity contribution is -0.132. The molecular weight excluding hydrogens is 404 g/mol. The molecule has 0 radical (unpaired) electrons. The average Bonchev–Trinajstić information content (AvgIpc) is 3.00. The molecule has 4 rings (SSSR count). The molecular formula is C26H30N2O4. The Labute approximate surface area is 189 Å². The second-order valence-corrected chi connectivity index (χ2v) is 8.91. The van der Waals surface area contributed by atoms with Crippen molar-refractivity contribution in [3.63, 3.8) is 0 Å².